The lowest BCUT2D eigenvalue weighted by atomic mass is 10.1. The van der Waals surface area contributed by atoms with Gasteiger partial charge in [0.2, 0.25) is 5.88 Å². The number of rotatable bonds is 5. The molecule has 0 aliphatic heterocycles. The van der Waals surface area contributed by atoms with E-state index in [1.54, 1.807) is 32.4 Å². The van der Waals surface area contributed by atoms with Gasteiger partial charge in [-0.3, -0.25) is 0 Å². The van der Waals surface area contributed by atoms with E-state index in [0.29, 0.717) is 29.0 Å². The van der Waals surface area contributed by atoms with Crippen LogP contribution in [0.1, 0.15) is 16.8 Å². The van der Waals surface area contributed by atoms with Gasteiger partial charge in [-0.05, 0) is 25.5 Å². The summed E-state index contributed by atoms with van der Waals surface area (Å²) in [5, 5.41) is 0. The van der Waals surface area contributed by atoms with Crippen molar-refractivity contribution >= 4 is 11.6 Å². The molecule has 1 aromatic carbocycles. The highest BCUT2D eigenvalue weighted by molar-refractivity contribution is 6.17. The molecule has 0 saturated carbocycles. The Morgan fingerprint density at radius 3 is 2.05 bits per heavy atom. The fourth-order valence-corrected chi connectivity index (χ4v) is 2.35. The molecule has 4 nitrogen and oxygen atoms in total. The maximum Gasteiger partial charge on any atom is 0.224 e. The number of hydrogen-bond donors (Lipinski definition) is 0. The maximum atomic E-state index is 6.00. The van der Waals surface area contributed by atoms with Crippen molar-refractivity contribution in [2.24, 2.45) is 0 Å². The minimum Gasteiger partial charge on any atom is -0.496 e. The molecular formula is C16H18ClNO3. The Kier molecular flexibility index (Phi) is 4.91. The summed E-state index contributed by atoms with van der Waals surface area (Å²) in [7, 11) is 3.19. The summed E-state index contributed by atoms with van der Waals surface area (Å²) < 4.78 is 16.4. The Bertz CT molecular complexity index is 621. The van der Waals surface area contributed by atoms with Gasteiger partial charge in [0, 0.05) is 29.5 Å². The zero-order valence-corrected chi connectivity index (χ0v) is 13.3. The Hall–Kier alpha value is -1.94. The predicted octanol–water partition coefficient (Wildman–Crippen LogP) is 4.25. The first-order valence-electron chi connectivity index (χ1n) is 6.51. The molecule has 0 bridgehead atoms. The number of hydrogen-bond acceptors (Lipinski definition) is 4. The van der Waals surface area contributed by atoms with Gasteiger partial charge in [0.1, 0.15) is 17.2 Å². The number of alkyl halides is 1. The molecule has 0 fully saturated rings. The summed E-state index contributed by atoms with van der Waals surface area (Å²) in [5.74, 6) is 2.76. The first-order valence-corrected chi connectivity index (χ1v) is 7.04. The Labute approximate surface area is 129 Å². The zero-order chi connectivity index (χ0) is 15.4. The van der Waals surface area contributed by atoms with Crippen LogP contribution in [0.3, 0.4) is 0 Å². The number of methoxy groups -OCH3 is 2. The molecule has 0 spiro atoms. The summed E-state index contributed by atoms with van der Waals surface area (Å²) in [5.41, 5.74) is 2.82. The smallest absolute Gasteiger partial charge is 0.224 e. The van der Waals surface area contributed by atoms with Crippen molar-refractivity contribution < 1.29 is 14.2 Å². The van der Waals surface area contributed by atoms with Gasteiger partial charge in [0.05, 0.1) is 20.1 Å². The molecule has 0 unspecified atom stereocenters. The highest BCUT2D eigenvalue weighted by Crippen LogP contribution is 2.32. The fraction of sp³-hybridized carbons (Fsp3) is 0.312. The lowest BCUT2D eigenvalue weighted by molar-refractivity contribution is 0.384. The van der Waals surface area contributed by atoms with Gasteiger partial charge < -0.3 is 14.2 Å². The van der Waals surface area contributed by atoms with E-state index in [9.17, 15) is 0 Å². The Balaban J connectivity index is 2.42. The molecule has 0 aliphatic rings. The van der Waals surface area contributed by atoms with E-state index < -0.39 is 0 Å². The van der Waals surface area contributed by atoms with Gasteiger partial charge in [0.25, 0.3) is 0 Å². The van der Waals surface area contributed by atoms with Gasteiger partial charge in [-0.1, -0.05) is 0 Å². The van der Waals surface area contributed by atoms with Crippen molar-refractivity contribution in [1.29, 1.82) is 0 Å². The molecule has 0 N–H and O–H groups in total. The lowest BCUT2D eigenvalue weighted by Gasteiger charge is -2.13. The van der Waals surface area contributed by atoms with Crippen molar-refractivity contribution in [2.45, 2.75) is 19.7 Å². The van der Waals surface area contributed by atoms with Gasteiger partial charge in [-0.25, -0.2) is 4.98 Å². The number of aromatic nitrogens is 1. The highest BCUT2D eigenvalue weighted by Gasteiger charge is 2.12. The molecule has 0 aliphatic carbocycles. The Morgan fingerprint density at radius 2 is 1.52 bits per heavy atom. The van der Waals surface area contributed by atoms with E-state index in [2.05, 4.69) is 4.98 Å². The lowest BCUT2D eigenvalue weighted by Crippen LogP contribution is -1.99. The van der Waals surface area contributed by atoms with Crippen LogP contribution in [0, 0.1) is 13.8 Å². The first kappa shape index (κ1) is 15.4. The van der Waals surface area contributed by atoms with Crippen LogP contribution in [0.25, 0.3) is 0 Å². The number of pyridine rings is 1. The van der Waals surface area contributed by atoms with Crippen LogP contribution in [0.15, 0.2) is 24.3 Å². The van der Waals surface area contributed by atoms with Crippen molar-refractivity contribution in [3.05, 3.63) is 41.1 Å². The number of ether oxygens (including phenoxy) is 3. The van der Waals surface area contributed by atoms with Crippen LogP contribution < -0.4 is 14.2 Å². The van der Waals surface area contributed by atoms with Crippen LogP contribution in [0.4, 0.5) is 0 Å². The van der Waals surface area contributed by atoms with Crippen molar-refractivity contribution in [2.75, 3.05) is 14.2 Å². The maximum absolute atomic E-state index is 6.00. The fourth-order valence-electron chi connectivity index (χ4n) is 2.03. The molecule has 5 heteroatoms. The average Bonchev–Trinajstić information content (AvgIpc) is 2.46. The van der Waals surface area contributed by atoms with Crippen molar-refractivity contribution in [3.63, 3.8) is 0 Å². The summed E-state index contributed by atoms with van der Waals surface area (Å²) in [4.78, 5) is 4.42. The minimum atomic E-state index is 0.343. The molecule has 1 heterocycles. The summed E-state index contributed by atoms with van der Waals surface area (Å²) in [6, 6.07) is 7.32. The minimum absolute atomic E-state index is 0.343. The summed E-state index contributed by atoms with van der Waals surface area (Å²) in [6.45, 7) is 3.91. The normalized spacial score (nSPS) is 10.3. The molecule has 0 amide bonds. The second-order valence-corrected chi connectivity index (χ2v) is 4.92. The van der Waals surface area contributed by atoms with Crippen LogP contribution >= 0.6 is 11.6 Å². The SMILES string of the molecule is COc1cc(OC)cc(Oc2nc(C)cc(C)c2CCl)c1. The molecule has 1 aromatic heterocycles. The molecule has 0 saturated heterocycles. The average molecular weight is 308 g/mol. The summed E-state index contributed by atoms with van der Waals surface area (Å²) in [6.07, 6.45) is 0. The van der Waals surface area contributed by atoms with E-state index in [1.807, 2.05) is 19.9 Å². The monoisotopic (exact) mass is 307 g/mol. The highest BCUT2D eigenvalue weighted by atomic mass is 35.5. The number of halogens is 1. The van der Waals surface area contributed by atoms with Crippen LogP contribution in [-0.4, -0.2) is 19.2 Å². The molecule has 112 valence electrons. The van der Waals surface area contributed by atoms with Crippen LogP contribution in [-0.2, 0) is 5.88 Å². The molecule has 0 atom stereocenters. The summed E-state index contributed by atoms with van der Waals surface area (Å²) >= 11 is 6.00. The third-order valence-corrected chi connectivity index (χ3v) is 3.38. The first-order chi connectivity index (χ1) is 10.1. The van der Waals surface area contributed by atoms with Crippen molar-refractivity contribution in [1.82, 2.24) is 4.98 Å². The Morgan fingerprint density at radius 1 is 0.952 bits per heavy atom. The van der Waals surface area contributed by atoms with E-state index >= 15 is 0 Å². The topological polar surface area (TPSA) is 40.6 Å². The van der Waals surface area contributed by atoms with E-state index in [4.69, 9.17) is 25.8 Å². The van der Waals surface area contributed by atoms with Gasteiger partial charge in [0.15, 0.2) is 0 Å². The molecule has 2 rings (SSSR count). The van der Waals surface area contributed by atoms with Gasteiger partial charge in [-0.15, -0.1) is 11.6 Å². The third kappa shape index (κ3) is 3.58. The molecular weight excluding hydrogens is 290 g/mol. The number of benzene rings is 1. The molecule has 2 aromatic rings. The third-order valence-electron chi connectivity index (χ3n) is 3.11. The van der Waals surface area contributed by atoms with Crippen LogP contribution in [0.2, 0.25) is 0 Å². The van der Waals surface area contributed by atoms with E-state index in [0.717, 1.165) is 16.8 Å². The van der Waals surface area contributed by atoms with E-state index in [1.165, 1.54) is 0 Å². The quantitative estimate of drug-likeness (QED) is 0.774. The van der Waals surface area contributed by atoms with Crippen molar-refractivity contribution in [3.8, 4) is 23.1 Å². The predicted molar refractivity (Wildman–Crippen MR) is 82.9 cm³/mol. The zero-order valence-electron chi connectivity index (χ0n) is 12.6. The number of nitrogens with zero attached hydrogens (tertiary/aromatic N) is 1. The molecule has 21 heavy (non-hydrogen) atoms. The van der Waals surface area contributed by atoms with Gasteiger partial charge in [-0.2, -0.15) is 0 Å². The largest absolute Gasteiger partial charge is 0.496 e. The van der Waals surface area contributed by atoms with Crippen LogP contribution in [0.5, 0.6) is 23.1 Å². The second kappa shape index (κ2) is 6.68. The standard InChI is InChI=1S/C16H18ClNO3/c1-10-5-11(2)18-16(15(10)9-17)21-14-7-12(19-3)6-13(8-14)20-4/h5-8H,9H2,1-4H3. The number of aryl methyl sites for hydroxylation is 2. The van der Waals surface area contributed by atoms with Gasteiger partial charge >= 0.3 is 0 Å². The van der Waals surface area contributed by atoms with E-state index in [-0.39, 0.29) is 0 Å². The second-order valence-electron chi connectivity index (χ2n) is 4.65. The molecule has 0 radical (unpaired) electrons.